The highest BCUT2D eigenvalue weighted by molar-refractivity contribution is 5.67. The largest absolute Gasteiger partial charge is 0.481 e. The molecule has 3 nitrogen and oxygen atoms in total. The van der Waals surface area contributed by atoms with Gasteiger partial charge < -0.3 is 5.11 Å². The molecular weight excluding hydrogens is 264 g/mol. The zero-order valence-electron chi connectivity index (χ0n) is 11.3. The SMILES string of the molecule is O=C(O)CC1CCCCN1CC(F)(F)c1ccccc1. The summed E-state index contributed by atoms with van der Waals surface area (Å²) in [6.07, 6.45) is 2.37. The second kappa shape index (κ2) is 6.31. The van der Waals surface area contributed by atoms with Crippen molar-refractivity contribution in [3.63, 3.8) is 0 Å². The van der Waals surface area contributed by atoms with Crippen LogP contribution in [-0.2, 0) is 10.7 Å². The number of hydrogen-bond donors (Lipinski definition) is 1. The molecule has 0 aliphatic carbocycles. The number of alkyl halides is 2. The molecule has 0 saturated carbocycles. The zero-order chi connectivity index (χ0) is 14.6. The second-order valence-electron chi connectivity index (χ2n) is 5.29. The Morgan fingerprint density at radius 2 is 2.00 bits per heavy atom. The molecule has 1 saturated heterocycles. The third-order valence-electron chi connectivity index (χ3n) is 3.76. The first-order valence-corrected chi connectivity index (χ1v) is 6.88. The summed E-state index contributed by atoms with van der Waals surface area (Å²) in [5.74, 6) is -3.88. The number of carboxylic acid groups (broad SMARTS) is 1. The van der Waals surface area contributed by atoms with E-state index in [2.05, 4.69) is 0 Å². The fourth-order valence-electron chi connectivity index (χ4n) is 2.73. The first-order chi connectivity index (χ1) is 9.49. The van der Waals surface area contributed by atoms with Gasteiger partial charge in [0.05, 0.1) is 13.0 Å². The molecule has 1 unspecified atom stereocenters. The summed E-state index contributed by atoms with van der Waals surface area (Å²) in [5, 5.41) is 8.88. The lowest BCUT2D eigenvalue weighted by Gasteiger charge is -2.37. The number of nitrogens with zero attached hydrogens (tertiary/aromatic N) is 1. The fourth-order valence-corrected chi connectivity index (χ4v) is 2.73. The van der Waals surface area contributed by atoms with Crippen molar-refractivity contribution in [2.45, 2.75) is 37.6 Å². The Bertz CT molecular complexity index is 450. The molecule has 1 aliphatic rings. The average molecular weight is 283 g/mol. The normalized spacial score (nSPS) is 20.8. The molecule has 110 valence electrons. The quantitative estimate of drug-likeness (QED) is 0.902. The Balaban J connectivity index is 2.07. The molecule has 0 amide bonds. The number of piperidine rings is 1. The van der Waals surface area contributed by atoms with E-state index in [1.165, 1.54) is 12.1 Å². The summed E-state index contributed by atoms with van der Waals surface area (Å²) in [4.78, 5) is 12.5. The highest BCUT2D eigenvalue weighted by atomic mass is 19.3. The van der Waals surface area contributed by atoms with Crippen molar-refractivity contribution in [1.82, 2.24) is 4.90 Å². The molecular formula is C15H19F2NO2. The van der Waals surface area contributed by atoms with E-state index in [1.54, 1.807) is 23.1 Å². The number of benzene rings is 1. The summed E-state index contributed by atoms with van der Waals surface area (Å²) >= 11 is 0. The maximum Gasteiger partial charge on any atom is 0.304 e. The molecule has 20 heavy (non-hydrogen) atoms. The smallest absolute Gasteiger partial charge is 0.304 e. The van der Waals surface area contributed by atoms with Gasteiger partial charge in [-0.15, -0.1) is 0 Å². The molecule has 1 fully saturated rings. The molecule has 0 spiro atoms. The summed E-state index contributed by atoms with van der Waals surface area (Å²) in [7, 11) is 0. The van der Waals surface area contributed by atoms with E-state index < -0.39 is 18.4 Å². The average Bonchev–Trinajstić information content (AvgIpc) is 2.41. The summed E-state index contributed by atoms with van der Waals surface area (Å²) < 4.78 is 28.5. The molecule has 1 aliphatic heterocycles. The Kier molecular flexibility index (Phi) is 4.70. The summed E-state index contributed by atoms with van der Waals surface area (Å²) in [6, 6.07) is 7.43. The summed E-state index contributed by atoms with van der Waals surface area (Å²) in [6.45, 7) is 0.134. The standard InChI is InChI=1S/C15H19F2NO2/c16-15(17,12-6-2-1-3-7-12)11-18-9-5-4-8-13(18)10-14(19)20/h1-3,6-7,13H,4-5,8-11H2,(H,19,20). The van der Waals surface area contributed by atoms with Gasteiger partial charge in [-0.1, -0.05) is 36.8 Å². The third kappa shape index (κ3) is 3.76. The van der Waals surface area contributed by atoms with Crippen LogP contribution in [0, 0.1) is 0 Å². The number of hydrogen-bond acceptors (Lipinski definition) is 2. The van der Waals surface area contributed by atoms with Gasteiger partial charge in [-0.05, 0) is 19.4 Å². The maximum absolute atomic E-state index is 14.3. The van der Waals surface area contributed by atoms with Crippen molar-refractivity contribution >= 4 is 5.97 Å². The lowest BCUT2D eigenvalue weighted by molar-refractivity contribution is -0.139. The molecule has 5 heteroatoms. The van der Waals surface area contributed by atoms with E-state index in [0.717, 1.165) is 12.8 Å². The molecule has 0 aromatic heterocycles. The van der Waals surface area contributed by atoms with Crippen molar-refractivity contribution in [3.05, 3.63) is 35.9 Å². The molecule has 1 atom stereocenters. The van der Waals surface area contributed by atoms with Crippen LogP contribution in [0.2, 0.25) is 0 Å². The first-order valence-electron chi connectivity index (χ1n) is 6.88. The number of halogens is 2. The van der Waals surface area contributed by atoms with Crippen LogP contribution in [0.15, 0.2) is 30.3 Å². The van der Waals surface area contributed by atoms with E-state index in [-0.39, 0.29) is 18.0 Å². The van der Waals surface area contributed by atoms with Gasteiger partial charge in [-0.3, -0.25) is 9.69 Å². The fraction of sp³-hybridized carbons (Fsp3) is 0.533. The van der Waals surface area contributed by atoms with E-state index >= 15 is 0 Å². The monoisotopic (exact) mass is 283 g/mol. The third-order valence-corrected chi connectivity index (χ3v) is 3.76. The van der Waals surface area contributed by atoms with Crippen molar-refractivity contribution in [1.29, 1.82) is 0 Å². The predicted octanol–water partition coefficient (Wildman–Crippen LogP) is 3.11. The van der Waals surface area contributed by atoms with Crippen LogP contribution in [0.4, 0.5) is 8.78 Å². The van der Waals surface area contributed by atoms with E-state index in [1.807, 2.05) is 0 Å². The molecule has 0 radical (unpaired) electrons. The minimum absolute atomic E-state index is 0.0142. The number of rotatable bonds is 5. The lowest BCUT2D eigenvalue weighted by Crippen LogP contribution is -2.46. The van der Waals surface area contributed by atoms with Crippen LogP contribution in [0.3, 0.4) is 0 Å². The summed E-state index contributed by atoms with van der Waals surface area (Å²) in [5.41, 5.74) is -0.0142. The second-order valence-corrected chi connectivity index (χ2v) is 5.29. The van der Waals surface area contributed by atoms with Crippen molar-refractivity contribution in [2.75, 3.05) is 13.1 Å². The highest BCUT2D eigenvalue weighted by Crippen LogP contribution is 2.31. The maximum atomic E-state index is 14.3. The van der Waals surface area contributed by atoms with Crippen LogP contribution in [0.25, 0.3) is 0 Å². The first kappa shape index (κ1) is 14.9. The van der Waals surface area contributed by atoms with Crippen molar-refractivity contribution in [2.24, 2.45) is 0 Å². The minimum Gasteiger partial charge on any atom is -0.481 e. The van der Waals surface area contributed by atoms with E-state index in [4.69, 9.17) is 5.11 Å². The molecule has 0 bridgehead atoms. The zero-order valence-corrected chi connectivity index (χ0v) is 11.3. The lowest BCUT2D eigenvalue weighted by atomic mass is 9.97. The Morgan fingerprint density at radius 1 is 1.30 bits per heavy atom. The topological polar surface area (TPSA) is 40.5 Å². The Hall–Kier alpha value is -1.49. The Morgan fingerprint density at radius 3 is 2.65 bits per heavy atom. The van der Waals surface area contributed by atoms with Gasteiger partial charge in [-0.25, -0.2) is 0 Å². The minimum atomic E-state index is -2.95. The van der Waals surface area contributed by atoms with Crippen LogP contribution in [-0.4, -0.2) is 35.1 Å². The number of aliphatic carboxylic acids is 1. The highest BCUT2D eigenvalue weighted by Gasteiger charge is 2.37. The van der Waals surface area contributed by atoms with E-state index in [0.29, 0.717) is 13.0 Å². The molecule has 2 rings (SSSR count). The molecule has 1 heterocycles. The van der Waals surface area contributed by atoms with Gasteiger partial charge >= 0.3 is 5.97 Å². The van der Waals surface area contributed by atoms with Gasteiger partial charge in [0.2, 0.25) is 0 Å². The van der Waals surface area contributed by atoms with Crippen LogP contribution >= 0.6 is 0 Å². The number of carbonyl (C=O) groups is 1. The van der Waals surface area contributed by atoms with E-state index in [9.17, 15) is 13.6 Å². The Labute approximate surface area is 117 Å². The number of likely N-dealkylation sites (tertiary alicyclic amines) is 1. The van der Waals surface area contributed by atoms with Crippen LogP contribution in [0.5, 0.6) is 0 Å². The van der Waals surface area contributed by atoms with Gasteiger partial charge in [-0.2, -0.15) is 8.78 Å². The van der Waals surface area contributed by atoms with Gasteiger partial charge in [0.1, 0.15) is 0 Å². The molecule has 1 N–H and O–H groups in total. The van der Waals surface area contributed by atoms with Crippen molar-refractivity contribution in [3.8, 4) is 0 Å². The predicted molar refractivity (Wildman–Crippen MR) is 71.8 cm³/mol. The van der Waals surface area contributed by atoms with Gasteiger partial charge in [0.25, 0.3) is 5.92 Å². The van der Waals surface area contributed by atoms with Crippen LogP contribution < -0.4 is 0 Å². The number of carboxylic acids is 1. The van der Waals surface area contributed by atoms with Gasteiger partial charge in [0, 0.05) is 11.6 Å². The van der Waals surface area contributed by atoms with Crippen molar-refractivity contribution < 1.29 is 18.7 Å². The van der Waals surface area contributed by atoms with Crippen LogP contribution in [0.1, 0.15) is 31.2 Å². The molecule has 1 aromatic rings. The van der Waals surface area contributed by atoms with Gasteiger partial charge in [0.15, 0.2) is 0 Å². The molecule has 1 aromatic carbocycles.